The second-order valence-corrected chi connectivity index (χ2v) is 5.04. The molecule has 2 aromatic rings. The molecule has 0 spiro atoms. The fraction of sp³-hybridized carbons (Fsp3) is 0.0667. The third-order valence-corrected chi connectivity index (χ3v) is 2.95. The molecule has 0 atom stereocenters. The van der Waals surface area contributed by atoms with Crippen molar-refractivity contribution < 1.29 is 27.5 Å². The molecule has 1 aromatic heterocycles. The van der Waals surface area contributed by atoms with Gasteiger partial charge in [0.1, 0.15) is 17.4 Å². The predicted molar refractivity (Wildman–Crippen MR) is 81.4 cm³/mol. The van der Waals surface area contributed by atoms with Crippen LogP contribution in [0.2, 0.25) is 0 Å². The zero-order chi connectivity index (χ0) is 16.8. The van der Waals surface area contributed by atoms with Crippen LogP contribution in [0.3, 0.4) is 0 Å². The van der Waals surface area contributed by atoms with E-state index in [0.717, 1.165) is 24.3 Å². The molecule has 0 aliphatic carbocycles. The van der Waals surface area contributed by atoms with Crippen molar-refractivity contribution in [1.82, 2.24) is 0 Å². The standard InChI is InChI=1S/C15H10BrF2NO4/c16-13-5-2-10(23-13)3-6-15(21)22-8-14(20)19-12-7-9(17)1-4-11(12)18/h1-7H,8H2,(H,19,20)/b6-3+. The molecule has 8 heteroatoms. The van der Waals surface area contributed by atoms with E-state index in [1.807, 2.05) is 0 Å². The number of benzene rings is 1. The van der Waals surface area contributed by atoms with Crippen LogP contribution >= 0.6 is 15.9 Å². The summed E-state index contributed by atoms with van der Waals surface area (Å²) in [7, 11) is 0. The number of rotatable bonds is 5. The maximum absolute atomic E-state index is 13.3. The van der Waals surface area contributed by atoms with Gasteiger partial charge in [0.05, 0.1) is 5.69 Å². The zero-order valence-electron chi connectivity index (χ0n) is 11.5. The van der Waals surface area contributed by atoms with Crippen molar-refractivity contribution in [2.45, 2.75) is 0 Å². The van der Waals surface area contributed by atoms with Crippen LogP contribution in [0.25, 0.3) is 6.08 Å². The Morgan fingerprint density at radius 2 is 2.04 bits per heavy atom. The van der Waals surface area contributed by atoms with Crippen LogP contribution in [-0.2, 0) is 14.3 Å². The molecule has 0 bridgehead atoms. The summed E-state index contributed by atoms with van der Waals surface area (Å²) in [5, 5.41) is 2.10. The van der Waals surface area contributed by atoms with Crippen molar-refractivity contribution in [3.8, 4) is 0 Å². The van der Waals surface area contributed by atoms with Crippen LogP contribution in [0, 0.1) is 11.6 Å². The number of hydrogen-bond donors (Lipinski definition) is 1. The van der Waals surface area contributed by atoms with Crippen molar-refractivity contribution >= 4 is 39.6 Å². The monoisotopic (exact) mass is 385 g/mol. The minimum absolute atomic E-state index is 0.331. The van der Waals surface area contributed by atoms with Gasteiger partial charge in [-0.25, -0.2) is 13.6 Å². The van der Waals surface area contributed by atoms with Crippen molar-refractivity contribution in [1.29, 1.82) is 0 Å². The van der Waals surface area contributed by atoms with Crippen LogP contribution in [0.5, 0.6) is 0 Å². The Bertz CT molecular complexity index is 758. The summed E-state index contributed by atoms with van der Waals surface area (Å²) in [6.07, 6.45) is 2.43. The van der Waals surface area contributed by atoms with Gasteiger partial charge in [0.15, 0.2) is 11.3 Å². The topological polar surface area (TPSA) is 68.5 Å². The molecule has 1 amide bonds. The molecule has 0 saturated heterocycles. The first-order valence-corrected chi connectivity index (χ1v) is 7.08. The van der Waals surface area contributed by atoms with Gasteiger partial charge in [-0.3, -0.25) is 4.79 Å². The number of halogens is 3. The van der Waals surface area contributed by atoms with E-state index in [4.69, 9.17) is 4.42 Å². The second-order valence-electron chi connectivity index (χ2n) is 4.26. The molecule has 5 nitrogen and oxygen atoms in total. The molecular formula is C15H10BrF2NO4. The molecule has 0 saturated carbocycles. The number of amides is 1. The average molecular weight is 386 g/mol. The SMILES string of the molecule is O=C(COC(=O)/C=C/c1ccc(Br)o1)Nc1cc(F)ccc1F. The van der Waals surface area contributed by atoms with Crippen molar-refractivity contribution in [2.75, 3.05) is 11.9 Å². The van der Waals surface area contributed by atoms with E-state index in [2.05, 4.69) is 26.0 Å². The first-order chi connectivity index (χ1) is 10.9. The Morgan fingerprint density at radius 3 is 2.74 bits per heavy atom. The molecule has 2 rings (SSSR count). The van der Waals surface area contributed by atoms with Crippen LogP contribution in [0.15, 0.2) is 45.5 Å². The summed E-state index contributed by atoms with van der Waals surface area (Å²) in [6, 6.07) is 5.88. The Labute approximate surface area is 138 Å². The Hall–Kier alpha value is -2.48. The third-order valence-electron chi connectivity index (χ3n) is 2.53. The van der Waals surface area contributed by atoms with E-state index in [0.29, 0.717) is 10.4 Å². The molecule has 1 aromatic carbocycles. The highest BCUT2D eigenvalue weighted by atomic mass is 79.9. The maximum atomic E-state index is 13.3. The number of ether oxygens (including phenoxy) is 1. The van der Waals surface area contributed by atoms with Gasteiger partial charge in [-0.15, -0.1) is 0 Å². The van der Waals surface area contributed by atoms with E-state index in [-0.39, 0.29) is 5.69 Å². The van der Waals surface area contributed by atoms with Crippen molar-refractivity contribution in [3.05, 3.63) is 58.5 Å². The molecule has 23 heavy (non-hydrogen) atoms. The number of carbonyl (C=O) groups excluding carboxylic acids is 2. The lowest BCUT2D eigenvalue weighted by Gasteiger charge is -2.06. The Morgan fingerprint density at radius 1 is 1.26 bits per heavy atom. The molecule has 1 N–H and O–H groups in total. The predicted octanol–water partition coefficient (Wildman–Crippen LogP) is 3.52. The lowest BCUT2D eigenvalue weighted by Crippen LogP contribution is -2.20. The quantitative estimate of drug-likeness (QED) is 0.631. The van der Waals surface area contributed by atoms with Crippen LogP contribution < -0.4 is 5.32 Å². The number of carbonyl (C=O) groups is 2. The highest BCUT2D eigenvalue weighted by Gasteiger charge is 2.10. The number of nitrogens with one attached hydrogen (secondary N) is 1. The summed E-state index contributed by atoms with van der Waals surface area (Å²) >= 11 is 3.10. The average Bonchev–Trinajstić information content (AvgIpc) is 2.92. The lowest BCUT2D eigenvalue weighted by atomic mass is 10.3. The van der Waals surface area contributed by atoms with Crippen LogP contribution in [-0.4, -0.2) is 18.5 Å². The van der Waals surface area contributed by atoms with E-state index in [9.17, 15) is 18.4 Å². The molecular weight excluding hydrogens is 376 g/mol. The molecule has 0 fully saturated rings. The summed E-state index contributed by atoms with van der Waals surface area (Å²) in [6.45, 7) is -0.638. The molecule has 120 valence electrons. The van der Waals surface area contributed by atoms with E-state index in [1.165, 1.54) is 6.08 Å². The molecule has 0 unspecified atom stereocenters. The zero-order valence-corrected chi connectivity index (χ0v) is 13.1. The summed E-state index contributed by atoms with van der Waals surface area (Å²) in [4.78, 5) is 23.0. The summed E-state index contributed by atoms with van der Waals surface area (Å²) in [5.74, 6) is -2.66. The minimum Gasteiger partial charge on any atom is -0.452 e. The number of hydrogen-bond acceptors (Lipinski definition) is 4. The van der Waals surface area contributed by atoms with Gasteiger partial charge in [0.25, 0.3) is 5.91 Å². The molecule has 1 heterocycles. The van der Waals surface area contributed by atoms with E-state index < -0.39 is 30.1 Å². The largest absolute Gasteiger partial charge is 0.452 e. The van der Waals surface area contributed by atoms with Gasteiger partial charge in [-0.2, -0.15) is 0 Å². The summed E-state index contributed by atoms with van der Waals surface area (Å²) in [5.41, 5.74) is -0.331. The number of anilines is 1. The lowest BCUT2D eigenvalue weighted by molar-refractivity contribution is -0.142. The van der Waals surface area contributed by atoms with Crippen LogP contribution in [0.4, 0.5) is 14.5 Å². The minimum atomic E-state index is -0.797. The highest BCUT2D eigenvalue weighted by molar-refractivity contribution is 9.10. The van der Waals surface area contributed by atoms with E-state index >= 15 is 0 Å². The van der Waals surface area contributed by atoms with Gasteiger partial charge in [0, 0.05) is 12.1 Å². The fourth-order valence-corrected chi connectivity index (χ4v) is 1.85. The third kappa shape index (κ3) is 5.33. The molecule has 0 aliphatic rings. The van der Waals surface area contributed by atoms with Gasteiger partial charge in [-0.05, 0) is 46.3 Å². The van der Waals surface area contributed by atoms with Crippen molar-refractivity contribution in [2.24, 2.45) is 0 Å². The fourth-order valence-electron chi connectivity index (χ4n) is 1.53. The van der Waals surface area contributed by atoms with Gasteiger partial charge in [0.2, 0.25) is 0 Å². The molecule has 0 radical (unpaired) electrons. The van der Waals surface area contributed by atoms with Crippen LogP contribution in [0.1, 0.15) is 5.76 Å². The number of esters is 1. The van der Waals surface area contributed by atoms with Gasteiger partial charge in [-0.1, -0.05) is 0 Å². The van der Waals surface area contributed by atoms with Crippen molar-refractivity contribution in [3.63, 3.8) is 0 Å². The first-order valence-electron chi connectivity index (χ1n) is 6.29. The highest BCUT2D eigenvalue weighted by Crippen LogP contribution is 2.16. The maximum Gasteiger partial charge on any atom is 0.331 e. The molecule has 0 aliphatic heterocycles. The second kappa shape index (κ2) is 7.68. The summed E-state index contributed by atoms with van der Waals surface area (Å²) < 4.78 is 36.6. The smallest absolute Gasteiger partial charge is 0.331 e. The Kier molecular flexibility index (Phi) is 5.64. The number of furan rings is 1. The van der Waals surface area contributed by atoms with E-state index in [1.54, 1.807) is 12.1 Å². The van der Waals surface area contributed by atoms with Gasteiger partial charge >= 0.3 is 5.97 Å². The Balaban J connectivity index is 1.83. The first kappa shape index (κ1) is 16.9. The normalized spacial score (nSPS) is 10.7. The van der Waals surface area contributed by atoms with Gasteiger partial charge < -0.3 is 14.5 Å².